The number of piperidine rings is 1. The topological polar surface area (TPSA) is 66.5 Å². The van der Waals surface area contributed by atoms with Gasteiger partial charge in [0, 0.05) is 24.0 Å². The molecule has 0 spiro atoms. The Bertz CT molecular complexity index is 935. The Morgan fingerprint density at radius 3 is 2.24 bits per heavy atom. The van der Waals surface area contributed by atoms with E-state index in [1.807, 2.05) is 38.1 Å². The normalized spacial score (nSPS) is 17.1. The molecule has 2 aromatic carbocycles. The molecule has 1 fully saturated rings. The molecule has 1 aliphatic rings. The fourth-order valence-electron chi connectivity index (χ4n) is 3.62. The van der Waals surface area contributed by atoms with Crippen molar-refractivity contribution in [3.8, 4) is 0 Å². The number of benzene rings is 2. The fraction of sp³-hybridized carbons (Fsp3) is 0.409. The Hall–Kier alpha value is -1.89. The first-order valence-electron chi connectivity index (χ1n) is 9.94. The Balaban J connectivity index is 1.60. The van der Waals surface area contributed by atoms with Crippen LogP contribution >= 0.6 is 11.6 Å². The largest absolute Gasteiger partial charge is 0.349 e. The van der Waals surface area contributed by atoms with Gasteiger partial charge in [-0.25, -0.2) is 8.42 Å². The van der Waals surface area contributed by atoms with E-state index in [9.17, 15) is 13.2 Å². The van der Waals surface area contributed by atoms with Gasteiger partial charge in [-0.2, -0.15) is 4.31 Å². The minimum absolute atomic E-state index is 0.000894. The van der Waals surface area contributed by atoms with Crippen LogP contribution in [-0.2, 0) is 14.8 Å². The molecule has 0 bridgehead atoms. The molecule has 0 aliphatic carbocycles. The summed E-state index contributed by atoms with van der Waals surface area (Å²) < 4.78 is 27.0. The third kappa shape index (κ3) is 5.18. The second-order valence-corrected chi connectivity index (χ2v) is 9.89. The quantitative estimate of drug-likeness (QED) is 0.736. The van der Waals surface area contributed by atoms with Crippen LogP contribution in [0.2, 0.25) is 5.02 Å². The minimum Gasteiger partial charge on any atom is -0.349 e. The molecule has 156 valence electrons. The van der Waals surface area contributed by atoms with Crippen LogP contribution in [0.5, 0.6) is 0 Å². The van der Waals surface area contributed by atoms with Crippen molar-refractivity contribution in [3.05, 3.63) is 64.7 Å². The summed E-state index contributed by atoms with van der Waals surface area (Å²) in [4.78, 5) is 13.0. The molecular weight excluding hydrogens is 408 g/mol. The highest BCUT2D eigenvalue weighted by Gasteiger charge is 2.32. The third-order valence-electron chi connectivity index (χ3n) is 5.48. The lowest BCUT2D eigenvalue weighted by Crippen LogP contribution is -2.43. The van der Waals surface area contributed by atoms with E-state index >= 15 is 0 Å². The highest BCUT2D eigenvalue weighted by atomic mass is 35.5. The number of hydrogen-bond acceptors (Lipinski definition) is 3. The number of carbonyl (C=O) groups excluding carboxylic acids is 1. The first kappa shape index (κ1) is 21.8. The van der Waals surface area contributed by atoms with Crippen LogP contribution in [-0.4, -0.2) is 31.7 Å². The van der Waals surface area contributed by atoms with E-state index < -0.39 is 10.0 Å². The zero-order valence-corrected chi connectivity index (χ0v) is 18.3. The van der Waals surface area contributed by atoms with E-state index in [1.165, 1.54) is 22.0 Å². The lowest BCUT2D eigenvalue weighted by atomic mass is 9.95. The lowest BCUT2D eigenvalue weighted by molar-refractivity contribution is -0.126. The maximum absolute atomic E-state index is 12.8. The van der Waals surface area contributed by atoms with Crippen molar-refractivity contribution < 1.29 is 13.2 Å². The second kappa shape index (κ2) is 9.28. The molecule has 1 N–H and O–H groups in total. The van der Waals surface area contributed by atoms with Crippen LogP contribution in [0.15, 0.2) is 53.4 Å². The van der Waals surface area contributed by atoms with Crippen molar-refractivity contribution in [1.29, 1.82) is 0 Å². The number of halogens is 1. The van der Waals surface area contributed by atoms with Crippen molar-refractivity contribution in [3.63, 3.8) is 0 Å². The molecule has 1 unspecified atom stereocenters. The van der Waals surface area contributed by atoms with E-state index in [4.69, 9.17) is 11.6 Å². The summed E-state index contributed by atoms with van der Waals surface area (Å²) in [6.07, 6.45) is 1.84. The lowest BCUT2D eigenvalue weighted by Gasteiger charge is -2.31. The number of sulfonamides is 1. The third-order valence-corrected chi connectivity index (χ3v) is 7.65. The number of amides is 1. The van der Waals surface area contributed by atoms with Crippen LogP contribution in [0.3, 0.4) is 0 Å². The van der Waals surface area contributed by atoms with Gasteiger partial charge in [-0.1, -0.05) is 48.4 Å². The maximum Gasteiger partial charge on any atom is 0.243 e. The molecule has 1 aliphatic heterocycles. The van der Waals surface area contributed by atoms with Crippen molar-refractivity contribution in [2.75, 3.05) is 13.1 Å². The van der Waals surface area contributed by atoms with Crippen LogP contribution in [0.4, 0.5) is 0 Å². The Labute approximate surface area is 178 Å². The number of nitrogens with zero attached hydrogens (tertiary/aromatic N) is 1. The fourth-order valence-corrected chi connectivity index (χ4v) is 5.22. The van der Waals surface area contributed by atoms with Gasteiger partial charge in [-0.15, -0.1) is 0 Å². The summed E-state index contributed by atoms with van der Waals surface area (Å²) >= 11 is 5.85. The number of nitrogens with one attached hydrogen (secondary N) is 1. The van der Waals surface area contributed by atoms with E-state index in [1.54, 1.807) is 12.1 Å². The van der Waals surface area contributed by atoms with Gasteiger partial charge in [-0.05, 0) is 56.0 Å². The molecule has 0 saturated carbocycles. The van der Waals surface area contributed by atoms with Crippen LogP contribution in [0.25, 0.3) is 0 Å². The number of carbonyl (C=O) groups is 1. The van der Waals surface area contributed by atoms with Gasteiger partial charge in [0.15, 0.2) is 0 Å². The predicted molar refractivity (Wildman–Crippen MR) is 115 cm³/mol. The molecule has 5 nitrogen and oxygen atoms in total. The summed E-state index contributed by atoms with van der Waals surface area (Å²) in [6, 6.07) is 14.3. The Morgan fingerprint density at radius 2 is 1.69 bits per heavy atom. The molecule has 7 heteroatoms. The van der Waals surface area contributed by atoms with Gasteiger partial charge >= 0.3 is 0 Å². The van der Waals surface area contributed by atoms with Crippen molar-refractivity contribution in [2.45, 2.75) is 44.0 Å². The molecular formula is C22H27ClN2O3S. The molecule has 3 rings (SSSR count). The molecule has 1 atom stereocenters. The minimum atomic E-state index is -3.56. The molecule has 1 amide bonds. The van der Waals surface area contributed by atoms with E-state index in [0.717, 1.165) is 12.0 Å². The van der Waals surface area contributed by atoms with Gasteiger partial charge in [0.2, 0.25) is 15.9 Å². The molecule has 1 saturated heterocycles. The van der Waals surface area contributed by atoms with E-state index in [2.05, 4.69) is 5.32 Å². The number of rotatable bonds is 6. The number of hydrogen-bond donors (Lipinski definition) is 1. The predicted octanol–water partition coefficient (Wildman–Crippen LogP) is 4.32. The molecule has 0 aromatic heterocycles. The smallest absolute Gasteiger partial charge is 0.243 e. The highest BCUT2D eigenvalue weighted by molar-refractivity contribution is 7.89. The zero-order valence-electron chi connectivity index (χ0n) is 16.8. The average molecular weight is 435 g/mol. The van der Waals surface area contributed by atoms with Crippen LogP contribution < -0.4 is 5.32 Å². The van der Waals surface area contributed by atoms with Gasteiger partial charge < -0.3 is 5.32 Å². The summed E-state index contributed by atoms with van der Waals surface area (Å²) in [5.74, 6) is -0.174. The summed E-state index contributed by atoms with van der Waals surface area (Å²) in [5, 5.41) is 3.64. The maximum atomic E-state index is 12.8. The second-order valence-electron chi connectivity index (χ2n) is 7.51. The average Bonchev–Trinajstić information content (AvgIpc) is 2.73. The summed E-state index contributed by atoms with van der Waals surface area (Å²) in [7, 11) is -3.56. The molecule has 2 aromatic rings. The first-order valence-corrected chi connectivity index (χ1v) is 11.8. The van der Waals surface area contributed by atoms with Gasteiger partial charge in [0.05, 0.1) is 10.9 Å². The summed E-state index contributed by atoms with van der Waals surface area (Å²) in [5.41, 5.74) is 2.28. The van der Waals surface area contributed by atoms with Crippen molar-refractivity contribution in [2.24, 2.45) is 5.92 Å². The summed E-state index contributed by atoms with van der Waals surface area (Å²) in [6.45, 7) is 4.76. The van der Waals surface area contributed by atoms with Gasteiger partial charge in [0.1, 0.15) is 0 Å². The van der Waals surface area contributed by atoms with Gasteiger partial charge in [0.25, 0.3) is 0 Å². The highest BCUT2D eigenvalue weighted by Crippen LogP contribution is 2.26. The van der Waals surface area contributed by atoms with E-state index in [-0.39, 0.29) is 22.8 Å². The van der Waals surface area contributed by atoms with Crippen LogP contribution in [0, 0.1) is 12.8 Å². The monoisotopic (exact) mass is 434 g/mol. The first-order chi connectivity index (χ1) is 13.8. The Kier molecular flexibility index (Phi) is 6.98. The molecule has 1 heterocycles. The van der Waals surface area contributed by atoms with Crippen LogP contribution in [0.1, 0.15) is 43.4 Å². The van der Waals surface area contributed by atoms with Crippen molar-refractivity contribution >= 4 is 27.5 Å². The molecule has 0 radical (unpaired) electrons. The molecule has 29 heavy (non-hydrogen) atoms. The number of aryl methyl sites for hydroxylation is 1. The standard InChI is InChI=1S/C22H27ClN2O3S/c1-3-21(17-6-4-16(2)5-7-17)24-22(26)18-12-14-25(15-13-18)29(27,28)20-10-8-19(23)9-11-20/h4-11,18,21H,3,12-15H2,1-2H3,(H,24,26). The van der Waals surface area contributed by atoms with E-state index in [0.29, 0.717) is 31.0 Å². The zero-order chi connectivity index (χ0) is 21.0. The van der Waals surface area contributed by atoms with Gasteiger partial charge in [-0.3, -0.25) is 4.79 Å². The Morgan fingerprint density at radius 1 is 1.10 bits per heavy atom. The SMILES string of the molecule is CCC(NC(=O)C1CCN(S(=O)(=O)c2ccc(Cl)cc2)CC1)c1ccc(C)cc1. The van der Waals surface area contributed by atoms with Crippen molar-refractivity contribution in [1.82, 2.24) is 9.62 Å².